The van der Waals surface area contributed by atoms with Crippen molar-refractivity contribution < 1.29 is 14.0 Å². The maximum atomic E-state index is 13.9. The van der Waals surface area contributed by atoms with E-state index in [1.165, 1.54) is 42.4 Å². The molecule has 0 radical (unpaired) electrons. The molecule has 1 unspecified atom stereocenters. The molecule has 1 aromatic carbocycles. The van der Waals surface area contributed by atoms with Gasteiger partial charge in [-0.15, -0.1) is 11.3 Å². The lowest BCUT2D eigenvalue weighted by Gasteiger charge is -2.29. The van der Waals surface area contributed by atoms with E-state index in [-0.39, 0.29) is 17.4 Å². The zero-order chi connectivity index (χ0) is 21.7. The van der Waals surface area contributed by atoms with Gasteiger partial charge in [0.1, 0.15) is 11.9 Å². The van der Waals surface area contributed by atoms with Gasteiger partial charge in [0, 0.05) is 11.9 Å². The Morgan fingerprint density at radius 3 is 2.63 bits per heavy atom. The lowest BCUT2D eigenvalue weighted by Crippen LogP contribution is -2.47. The molecule has 0 saturated carbocycles. The average Bonchev–Trinajstić information content (AvgIpc) is 3.14. The number of amides is 2. The number of rotatable bonds is 7. The molecule has 8 heteroatoms. The monoisotopic (exact) mass is 432 g/mol. The first-order valence-electron chi connectivity index (χ1n) is 10.4. The van der Waals surface area contributed by atoms with Crippen LogP contribution in [-0.2, 0) is 11.3 Å². The van der Waals surface area contributed by atoms with Gasteiger partial charge < -0.3 is 10.6 Å². The number of nitrogens with one attached hydrogen (secondary N) is 2. The molecule has 1 fully saturated rings. The Bertz CT molecular complexity index is 878. The molecule has 6 nitrogen and oxygen atoms in total. The van der Waals surface area contributed by atoms with Crippen molar-refractivity contribution in [3.63, 3.8) is 0 Å². The second-order valence-electron chi connectivity index (χ2n) is 8.27. The average molecular weight is 433 g/mol. The van der Waals surface area contributed by atoms with E-state index in [9.17, 15) is 14.0 Å². The van der Waals surface area contributed by atoms with E-state index in [0.29, 0.717) is 5.13 Å². The second kappa shape index (κ2) is 10.1. The summed E-state index contributed by atoms with van der Waals surface area (Å²) in [5.74, 6) is -0.979. The molecule has 30 heavy (non-hydrogen) atoms. The molecule has 1 aliphatic heterocycles. The third-order valence-corrected chi connectivity index (χ3v) is 6.20. The fourth-order valence-electron chi connectivity index (χ4n) is 3.47. The number of nitrogens with zero attached hydrogens (tertiary/aromatic N) is 2. The third kappa shape index (κ3) is 5.86. The van der Waals surface area contributed by atoms with E-state index >= 15 is 0 Å². The summed E-state index contributed by atoms with van der Waals surface area (Å²) < 4.78 is 13.9. The molecule has 0 bridgehead atoms. The van der Waals surface area contributed by atoms with Crippen molar-refractivity contribution in [1.29, 1.82) is 0 Å². The van der Waals surface area contributed by atoms with Crippen LogP contribution in [-0.4, -0.2) is 40.8 Å². The number of likely N-dealkylation sites (tertiary alicyclic amines) is 1. The summed E-state index contributed by atoms with van der Waals surface area (Å²) in [5.41, 5.74) is 0.852. The van der Waals surface area contributed by atoms with Crippen molar-refractivity contribution in [2.45, 2.75) is 46.2 Å². The smallest absolute Gasteiger partial charge is 0.254 e. The number of aromatic nitrogens is 1. The first-order valence-corrected chi connectivity index (χ1v) is 11.2. The van der Waals surface area contributed by atoms with Crippen LogP contribution < -0.4 is 10.6 Å². The summed E-state index contributed by atoms with van der Waals surface area (Å²) in [5, 5.41) is 7.91. The number of thiazole rings is 1. The highest BCUT2D eigenvalue weighted by Gasteiger charge is 2.26. The molecule has 2 amide bonds. The Labute approximate surface area is 180 Å². The Kier molecular flexibility index (Phi) is 7.55. The molecule has 1 aromatic heterocycles. The van der Waals surface area contributed by atoms with E-state index in [1.807, 2.05) is 19.2 Å². The lowest BCUT2D eigenvalue weighted by atomic mass is 9.99. The molecular weight excluding hydrogens is 403 g/mol. The summed E-state index contributed by atoms with van der Waals surface area (Å²) >= 11 is 1.37. The minimum absolute atomic E-state index is 0.0802. The zero-order valence-electron chi connectivity index (χ0n) is 17.7. The quantitative estimate of drug-likeness (QED) is 0.696. The van der Waals surface area contributed by atoms with Gasteiger partial charge in [0.25, 0.3) is 5.91 Å². The van der Waals surface area contributed by atoms with E-state index in [2.05, 4.69) is 27.4 Å². The number of carbonyl (C=O) groups excluding carboxylic acids is 2. The van der Waals surface area contributed by atoms with E-state index < -0.39 is 17.8 Å². The maximum absolute atomic E-state index is 13.9. The zero-order valence-corrected chi connectivity index (χ0v) is 18.5. The summed E-state index contributed by atoms with van der Waals surface area (Å²) in [6, 6.07) is 4.92. The van der Waals surface area contributed by atoms with E-state index in [4.69, 9.17) is 0 Å². The topological polar surface area (TPSA) is 74.3 Å². The lowest BCUT2D eigenvalue weighted by molar-refractivity contribution is -0.118. The maximum Gasteiger partial charge on any atom is 0.254 e. The molecule has 2 aromatic rings. The Balaban J connectivity index is 1.59. The number of halogens is 1. The van der Waals surface area contributed by atoms with Gasteiger partial charge in [-0.2, -0.15) is 0 Å². The summed E-state index contributed by atoms with van der Waals surface area (Å²) in [6.07, 6.45) is 2.40. The largest absolute Gasteiger partial charge is 0.340 e. The Hall–Kier alpha value is -2.32. The minimum atomic E-state index is -0.798. The van der Waals surface area contributed by atoms with Gasteiger partial charge in [0.15, 0.2) is 5.13 Å². The van der Waals surface area contributed by atoms with Gasteiger partial charge in [0.2, 0.25) is 5.91 Å². The van der Waals surface area contributed by atoms with Crippen LogP contribution in [0.2, 0.25) is 0 Å². The Morgan fingerprint density at radius 2 is 1.97 bits per heavy atom. The number of anilines is 1. The van der Waals surface area contributed by atoms with Gasteiger partial charge in [-0.25, -0.2) is 9.37 Å². The van der Waals surface area contributed by atoms with Crippen molar-refractivity contribution in [3.8, 4) is 0 Å². The Morgan fingerprint density at radius 1 is 1.27 bits per heavy atom. The highest BCUT2D eigenvalue weighted by molar-refractivity contribution is 7.13. The molecule has 0 spiro atoms. The second-order valence-corrected chi connectivity index (χ2v) is 9.13. The minimum Gasteiger partial charge on any atom is -0.340 e. The first kappa shape index (κ1) is 22.4. The van der Waals surface area contributed by atoms with Crippen LogP contribution in [0.3, 0.4) is 0 Å². The number of piperidine rings is 1. The number of carbonyl (C=O) groups is 2. The third-order valence-electron chi connectivity index (χ3n) is 5.40. The molecule has 162 valence electrons. The predicted molar refractivity (Wildman–Crippen MR) is 117 cm³/mol. The van der Waals surface area contributed by atoms with Crippen LogP contribution in [0.15, 0.2) is 29.6 Å². The SMILES string of the molecule is CC1CCN(Cc2csc(NC(=O)C(NC(=O)c3ccccc3F)C(C)C)n2)CC1. The van der Waals surface area contributed by atoms with Gasteiger partial charge in [0.05, 0.1) is 11.3 Å². The molecule has 1 saturated heterocycles. The standard InChI is InChI=1S/C22H29FN4O2S/c1-14(2)19(25-20(28)17-6-4-5-7-18(17)23)21(29)26-22-24-16(13-30-22)12-27-10-8-15(3)9-11-27/h4-7,13-15,19H,8-12H2,1-3H3,(H,25,28)(H,24,26,29). The van der Waals surface area contributed by atoms with Crippen molar-refractivity contribution in [2.24, 2.45) is 11.8 Å². The van der Waals surface area contributed by atoms with Crippen molar-refractivity contribution in [1.82, 2.24) is 15.2 Å². The predicted octanol–water partition coefficient (Wildman–Crippen LogP) is 3.91. The van der Waals surface area contributed by atoms with Crippen molar-refractivity contribution >= 4 is 28.3 Å². The molecule has 2 N–H and O–H groups in total. The summed E-state index contributed by atoms with van der Waals surface area (Å²) in [6.45, 7) is 8.85. The first-order chi connectivity index (χ1) is 14.3. The summed E-state index contributed by atoms with van der Waals surface area (Å²) in [7, 11) is 0. The van der Waals surface area contributed by atoms with Crippen LogP contribution >= 0.6 is 11.3 Å². The van der Waals surface area contributed by atoms with Crippen molar-refractivity contribution in [2.75, 3.05) is 18.4 Å². The van der Waals surface area contributed by atoms with Crippen LogP contribution in [0, 0.1) is 17.7 Å². The molecule has 3 rings (SSSR count). The molecule has 0 aliphatic carbocycles. The number of benzene rings is 1. The van der Waals surface area contributed by atoms with Crippen LogP contribution in [0.1, 0.15) is 49.7 Å². The van der Waals surface area contributed by atoms with Gasteiger partial charge >= 0.3 is 0 Å². The molecule has 1 aliphatic rings. The normalized spacial score (nSPS) is 16.4. The van der Waals surface area contributed by atoms with Crippen LogP contribution in [0.5, 0.6) is 0 Å². The van der Waals surface area contributed by atoms with Crippen LogP contribution in [0.4, 0.5) is 9.52 Å². The summed E-state index contributed by atoms with van der Waals surface area (Å²) in [4.78, 5) is 32.1. The molecular formula is C22H29FN4O2S. The van der Waals surface area contributed by atoms with E-state index in [1.54, 1.807) is 6.07 Å². The molecule has 1 atom stereocenters. The van der Waals surface area contributed by atoms with Crippen LogP contribution in [0.25, 0.3) is 0 Å². The van der Waals surface area contributed by atoms with Crippen molar-refractivity contribution in [3.05, 3.63) is 46.7 Å². The van der Waals surface area contributed by atoms with Gasteiger partial charge in [-0.3, -0.25) is 14.5 Å². The highest BCUT2D eigenvalue weighted by Crippen LogP contribution is 2.21. The number of hydrogen-bond donors (Lipinski definition) is 2. The highest BCUT2D eigenvalue weighted by atomic mass is 32.1. The fourth-order valence-corrected chi connectivity index (χ4v) is 4.17. The molecule has 2 heterocycles. The van der Waals surface area contributed by atoms with Gasteiger partial charge in [-0.1, -0.05) is 32.9 Å². The van der Waals surface area contributed by atoms with E-state index in [0.717, 1.165) is 31.2 Å². The van der Waals surface area contributed by atoms with Gasteiger partial charge in [-0.05, 0) is 49.9 Å². The number of hydrogen-bond acceptors (Lipinski definition) is 5. The fraction of sp³-hybridized carbons (Fsp3) is 0.500.